The van der Waals surface area contributed by atoms with Crippen molar-refractivity contribution >= 4 is 11.9 Å². The maximum atomic E-state index is 12.4. The lowest BCUT2D eigenvalue weighted by atomic mass is 10.2. The second-order valence-corrected chi connectivity index (χ2v) is 5.30. The molecule has 0 aromatic rings. The Kier molecular flexibility index (Phi) is 5.54. The highest BCUT2D eigenvalue weighted by molar-refractivity contribution is 5.85. The monoisotopic (exact) mass is 268 g/mol. The van der Waals surface area contributed by atoms with Crippen LogP contribution in [0.3, 0.4) is 0 Å². The van der Waals surface area contributed by atoms with E-state index < -0.39 is 5.97 Å². The lowest BCUT2D eigenvalue weighted by molar-refractivity contribution is -0.146. The Morgan fingerprint density at radius 2 is 1.95 bits per heavy atom. The fourth-order valence-corrected chi connectivity index (χ4v) is 2.92. The Morgan fingerprint density at radius 3 is 2.37 bits per heavy atom. The van der Waals surface area contributed by atoms with Gasteiger partial charge in [0, 0.05) is 18.6 Å². The quantitative estimate of drug-likeness (QED) is 0.739. The summed E-state index contributed by atoms with van der Waals surface area (Å²) in [4.78, 5) is 26.8. The van der Waals surface area contributed by atoms with Gasteiger partial charge in [0.15, 0.2) is 0 Å². The average Bonchev–Trinajstić information content (AvgIpc) is 2.66. The van der Waals surface area contributed by atoms with Gasteiger partial charge >= 0.3 is 5.97 Å². The van der Waals surface area contributed by atoms with Crippen molar-refractivity contribution < 1.29 is 14.7 Å². The summed E-state index contributed by atoms with van der Waals surface area (Å²) >= 11 is 0. The lowest BCUT2D eigenvalue weighted by Gasteiger charge is -2.34. The Hall–Kier alpha value is -1.36. The van der Waals surface area contributed by atoms with Crippen LogP contribution in [0.5, 0.6) is 0 Å². The van der Waals surface area contributed by atoms with E-state index in [1.165, 1.54) is 4.90 Å². The molecule has 0 bridgehead atoms. The van der Waals surface area contributed by atoms with Crippen LogP contribution in [0, 0.1) is 0 Å². The largest absolute Gasteiger partial charge is 0.480 e. The number of likely N-dealkylation sites (tertiary alicyclic amines) is 1. The molecule has 5 heteroatoms. The summed E-state index contributed by atoms with van der Waals surface area (Å²) in [6.45, 7) is 9.66. The molecule has 19 heavy (non-hydrogen) atoms. The van der Waals surface area contributed by atoms with Gasteiger partial charge in [-0.1, -0.05) is 6.08 Å². The molecule has 0 spiro atoms. The van der Waals surface area contributed by atoms with E-state index in [4.69, 9.17) is 5.11 Å². The number of nitrogens with zero attached hydrogens (tertiary/aromatic N) is 2. The molecule has 0 saturated carbocycles. The highest BCUT2D eigenvalue weighted by atomic mass is 16.4. The zero-order chi connectivity index (χ0) is 14.6. The van der Waals surface area contributed by atoms with Crippen molar-refractivity contribution in [3.05, 3.63) is 12.7 Å². The summed E-state index contributed by atoms with van der Waals surface area (Å²) in [5.74, 6) is -1.13. The Labute approximate surface area is 114 Å². The van der Waals surface area contributed by atoms with E-state index in [0.29, 0.717) is 12.1 Å². The van der Waals surface area contributed by atoms with E-state index in [2.05, 4.69) is 25.3 Å². The second kappa shape index (κ2) is 6.70. The molecule has 1 rings (SSSR count). The first-order chi connectivity index (χ1) is 8.88. The number of carboxylic acids is 1. The third-order valence-corrected chi connectivity index (χ3v) is 3.81. The standard InChI is InChI=1S/C14H24N2O3/c1-5-8-15(9-13(17)18)14(19)12(4)16-10(2)6-7-11(16)3/h5,10-12H,1,6-9H2,2-4H3,(H,17,18). The van der Waals surface area contributed by atoms with Crippen molar-refractivity contribution in [1.29, 1.82) is 0 Å². The summed E-state index contributed by atoms with van der Waals surface area (Å²) in [7, 11) is 0. The third kappa shape index (κ3) is 3.80. The van der Waals surface area contributed by atoms with Crippen molar-refractivity contribution in [1.82, 2.24) is 9.80 Å². The zero-order valence-corrected chi connectivity index (χ0v) is 12.0. The van der Waals surface area contributed by atoms with Crippen LogP contribution in [0.25, 0.3) is 0 Å². The van der Waals surface area contributed by atoms with Crippen LogP contribution in [0.4, 0.5) is 0 Å². The Bertz CT molecular complexity index is 347. The first kappa shape index (κ1) is 15.7. The number of carbonyl (C=O) groups excluding carboxylic acids is 1. The molecule has 1 amide bonds. The number of carbonyl (C=O) groups is 2. The second-order valence-electron chi connectivity index (χ2n) is 5.30. The molecule has 3 unspecified atom stereocenters. The van der Waals surface area contributed by atoms with E-state index in [1.54, 1.807) is 6.08 Å². The Balaban J connectivity index is 2.77. The SMILES string of the molecule is C=CCN(CC(=O)O)C(=O)C(C)N1C(C)CCC1C. The summed E-state index contributed by atoms with van der Waals surface area (Å²) in [6.07, 6.45) is 3.72. The number of hydrogen-bond donors (Lipinski definition) is 1. The zero-order valence-electron chi connectivity index (χ0n) is 12.0. The number of aliphatic carboxylic acids is 1. The van der Waals surface area contributed by atoms with Crippen LogP contribution < -0.4 is 0 Å². The molecule has 1 N–H and O–H groups in total. The molecule has 0 aromatic carbocycles. The summed E-state index contributed by atoms with van der Waals surface area (Å²) in [6, 6.07) is 0.445. The highest BCUT2D eigenvalue weighted by Gasteiger charge is 2.36. The molecule has 5 nitrogen and oxygen atoms in total. The van der Waals surface area contributed by atoms with Crippen molar-refractivity contribution in [3.8, 4) is 0 Å². The van der Waals surface area contributed by atoms with E-state index in [1.807, 2.05) is 6.92 Å². The molecule has 0 aliphatic carbocycles. The van der Waals surface area contributed by atoms with Gasteiger partial charge in [-0.15, -0.1) is 6.58 Å². The van der Waals surface area contributed by atoms with Gasteiger partial charge in [-0.05, 0) is 33.6 Å². The lowest BCUT2D eigenvalue weighted by Crippen LogP contribution is -2.51. The van der Waals surface area contributed by atoms with Gasteiger partial charge in [-0.3, -0.25) is 14.5 Å². The normalized spacial score (nSPS) is 25.0. The molecule has 1 fully saturated rings. The number of amides is 1. The predicted octanol–water partition coefficient (Wildman–Crippen LogP) is 1.35. The molecular weight excluding hydrogens is 244 g/mol. The molecular formula is C14H24N2O3. The maximum Gasteiger partial charge on any atom is 0.323 e. The number of hydrogen-bond acceptors (Lipinski definition) is 3. The minimum Gasteiger partial charge on any atom is -0.480 e. The van der Waals surface area contributed by atoms with Crippen molar-refractivity contribution in [2.45, 2.75) is 51.7 Å². The molecule has 1 heterocycles. The fraction of sp³-hybridized carbons (Fsp3) is 0.714. The van der Waals surface area contributed by atoms with Crippen LogP contribution in [-0.4, -0.2) is 58.0 Å². The number of rotatable bonds is 6. The smallest absolute Gasteiger partial charge is 0.323 e. The van der Waals surface area contributed by atoms with E-state index >= 15 is 0 Å². The molecule has 3 atom stereocenters. The molecule has 1 saturated heterocycles. The molecule has 0 aromatic heterocycles. The molecule has 1 aliphatic heterocycles. The van der Waals surface area contributed by atoms with Crippen LogP contribution >= 0.6 is 0 Å². The van der Waals surface area contributed by atoms with E-state index in [0.717, 1.165) is 12.8 Å². The average molecular weight is 268 g/mol. The minimum absolute atomic E-state index is 0.136. The highest BCUT2D eigenvalue weighted by Crippen LogP contribution is 2.26. The molecule has 1 aliphatic rings. The van der Waals surface area contributed by atoms with Crippen LogP contribution in [0.1, 0.15) is 33.6 Å². The molecule has 0 radical (unpaired) electrons. The number of carboxylic acid groups (broad SMARTS) is 1. The van der Waals surface area contributed by atoms with Gasteiger partial charge in [-0.25, -0.2) is 0 Å². The van der Waals surface area contributed by atoms with E-state index in [-0.39, 0.29) is 25.0 Å². The summed E-state index contributed by atoms with van der Waals surface area (Å²) in [5.41, 5.74) is 0. The topological polar surface area (TPSA) is 60.9 Å². The van der Waals surface area contributed by atoms with Gasteiger partial charge < -0.3 is 10.0 Å². The van der Waals surface area contributed by atoms with Crippen molar-refractivity contribution in [3.63, 3.8) is 0 Å². The van der Waals surface area contributed by atoms with Gasteiger partial charge in [0.05, 0.1) is 6.04 Å². The van der Waals surface area contributed by atoms with Crippen LogP contribution in [0.15, 0.2) is 12.7 Å². The maximum absolute atomic E-state index is 12.4. The fourth-order valence-electron chi connectivity index (χ4n) is 2.92. The summed E-state index contributed by atoms with van der Waals surface area (Å²) in [5, 5.41) is 8.87. The van der Waals surface area contributed by atoms with Crippen LogP contribution in [0.2, 0.25) is 0 Å². The minimum atomic E-state index is -0.995. The van der Waals surface area contributed by atoms with Crippen LogP contribution in [-0.2, 0) is 9.59 Å². The van der Waals surface area contributed by atoms with E-state index in [9.17, 15) is 9.59 Å². The van der Waals surface area contributed by atoms with Crippen molar-refractivity contribution in [2.75, 3.05) is 13.1 Å². The molecule has 108 valence electrons. The van der Waals surface area contributed by atoms with Gasteiger partial charge in [0.1, 0.15) is 6.54 Å². The Morgan fingerprint density at radius 1 is 1.42 bits per heavy atom. The first-order valence-corrected chi connectivity index (χ1v) is 6.77. The van der Waals surface area contributed by atoms with Gasteiger partial charge in [-0.2, -0.15) is 0 Å². The first-order valence-electron chi connectivity index (χ1n) is 6.77. The van der Waals surface area contributed by atoms with Gasteiger partial charge in [0.25, 0.3) is 0 Å². The van der Waals surface area contributed by atoms with Crippen molar-refractivity contribution in [2.24, 2.45) is 0 Å². The van der Waals surface area contributed by atoms with Gasteiger partial charge in [0.2, 0.25) is 5.91 Å². The summed E-state index contributed by atoms with van der Waals surface area (Å²) < 4.78 is 0. The third-order valence-electron chi connectivity index (χ3n) is 3.81. The predicted molar refractivity (Wildman–Crippen MR) is 73.9 cm³/mol.